The van der Waals surface area contributed by atoms with E-state index in [1.165, 1.54) is 30.3 Å². The van der Waals surface area contributed by atoms with Crippen molar-refractivity contribution in [2.45, 2.75) is 0 Å². The highest BCUT2D eigenvalue weighted by Gasteiger charge is 2.19. The second-order valence-electron chi connectivity index (χ2n) is 4.04. The number of hydrogen-bond donors (Lipinski definition) is 4. The molecule has 0 amide bonds. The Morgan fingerprint density at radius 3 is 1.90 bits per heavy atom. The van der Waals surface area contributed by atoms with Crippen LogP contribution in [0.15, 0.2) is 36.4 Å². The molecule has 0 atom stereocenters. The topological polar surface area (TPSA) is 115 Å². The molecular weight excluding hydrogens is 264 g/mol. The van der Waals surface area contributed by atoms with Gasteiger partial charge in [0.2, 0.25) is 0 Å². The predicted molar refractivity (Wildman–Crippen MR) is 69.1 cm³/mol. The van der Waals surface area contributed by atoms with Gasteiger partial charge < -0.3 is 20.4 Å². The van der Waals surface area contributed by atoms with E-state index in [0.717, 1.165) is 6.07 Å². The molecule has 0 unspecified atom stereocenters. The van der Waals surface area contributed by atoms with Gasteiger partial charge in [-0.15, -0.1) is 0 Å². The Morgan fingerprint density at radius 2 is 1.40 bits per heavy atom. The van der Waals surface area contributed by atoms with Crippen LogP contribution in [0, 0.1) is 0 Å². The van der Waals surface area contributed by atoms with Gasteiger partial charge in [0, 0.05) is 5.56 Å². The number of carbonyl (C=O) groups is 2. The Balaban J connectivity index is 2.56. The summed E-state index contributed by atoms with van der Waals surface area (Å²) in [5.74, 6) is -3.65. The Kier molecular flexibility index (Phi) is 3.30. The average molecular weight is 274 g/mol. The molecule has 0 fully saturated rings. The third-order valence-electron chi connectivity index (χ3n) is 2.81. The minimum atomic E-state index is -1.45. The second-order valence-corrected chi connectivity index (χ2v) is 4.04. The lowest BCUT2D eigenvalue weighted by Gasteiger charge is -2.09. The van der Waals surface area contributed by atoms with E-state index < -0.39 is 29.0 Å². The molecular formula is C14H10O6. The number of carboxylic acids is 2. The summed E-state index contributed by atoms with van der Waals surface area (Å²) in [5.41, 5.74) is 0.113. The Morgan fingerprint density at radius 1 is 0.800 bits per heavy atom. The van der Waals surface area contributed by atoms with E-state index >= 15 is 0 Å². The zero-order valence-electron chi connectivity index (χ0n) is 10.1. The second kappa shape index (κ2) is 4.93. The molecule has 4 N–H and O–H groups in total. The van der Waals surface area contributed by atoms with Crippen molar-refractivity contribution < 1.29 is 30.0 Å². The summed E-state index contributed by atoms with van der Waals surface area (Å²) >= 11 is 0. The SMILES string of the molecule is O=C(O)c1ccc(-c2ccc(O)c(C(=O)O)c2O)cc1. The van der Waals surface area contributed by atoms with E-state index in [9.17, 15) is 19.8 Å². The molecule has 0 saturated heterocycles. The molecule has 102 valence electrons. The molecule has 0 bridgehead atoms. The number of rotatable bonds is 3. The predicted octanol–water partition coefficient (Wildman–Crippen LogP) is 2.16. The average Bonchev–Trinajstić information content (AvgIpc) is 2.38. The van der Waals surface area contributed by atoms with Gasteiger partial charge in [-0.2, -0.15) is 0 Å². The summed E-state index contributed by atoms with van der Waals surface area (Å²) in [7, 11) is 0. The maximum atomic E-state index is 11.0. The van der Waals surface area contributed by atoms with Crippen molar-refractivity contribution in [3.8, 4) is 22.6 Å². The molecule has 0 radical (unpaired) electrons. The first kappa shape index (κ1) is 13.4. The van der Waals surface area contributed by atoms with E-state index in [4.69, 9.17) is 10.2 Å². The van der Waals surface area contributed by atoms with Crippen LogP contribution in [0.25, 0.3) is 11.1 Å². The third-order valence-corrected chi connectivity index (χ3v) is 2.81. The summed E-state index contributed by atoms with van der Waals surface area (Å²) in [4.78, 5) is 21.7. The summed E-state index contributed by atoms with van der Waals surface area (Å²) in [5, 5.41) is 37.1. The van der Waals surface area contributed by atoms with E-state index in [1.807, 2.05) is 0 Å². The molecule has 0 spiro atoms. The molecule has 2 aromatic carbocycles. The Hall–Kier alpha value is -3.02. The van der Waals surface area contributed by atoms with Gasteiger partial charge in [0.25, 0.3) is 0 Å². The number of carboxylic acid groups (broad SMARTS) is 2. The lowest BCUT2D eigenvalue weighted by molar-refractivity contribution is 0.0682. The first-order chi connectivity index (χ1) is 9.41. The molecule has 0 aliphatic carbocycles. The molecule has 6 nitrogen and oxygen atoms in total. The van der Waals surface area contributed by atoms with E-state index in [-0.39, 0.29) is 11.1 Å². The van der Waals surface area contributed by atoms with E-state index in [0.29, 0.717) is 5.56 Å². The lowest BCUT2D eigenvalue weighted by atomic mass is 9.99. The minimum Gasteiger partial charge on any atom is -0.507 e. The maximum absolute atomic E-state index is 11.0. The summed E-state index contributed by atoms with van der Waals surface area (Å²) < 4.78 is 0. The van der Waals surface area contributed by atoms with Crippen molar-refractivity contribution in [2.24, 2.45) is 0 Å². The van der Waals surface area contributed by atoms with Gasteiger partial charge in [-0.05, 0) is 29.8 Å². The molecule has 6 heteroatoms. The van der Waals surface area contributed by atoms with Crippen molar-refractivity contribution in [1.29, 1.82) is 0 Å². The van der Waals surface area contributed by atoms with Crippen molar-refractivity contribution in [3.05, 3.63) is 47.5 Å². The van der Waals surface area contributed by atoms with Gasteiger partial charge in [-0.3, -0.25) is 0 Å². The van der Waals surface area contributed by atoms with Crippen LogP contribution in [0.4, 0.5) is 0 Å². The van der Waals surface area contributed by atoms with Gasteiger partial charge in [-0.1, -0.05) is 12.1 Å². The molecule has 0 aliphatic heterocycles. The maximum Gasteiger partial charge on any atom is 0.343 e. The summed E-state index contributed by atoms with van der Waals surface area (Å²) in [6.07, 6.45) is 0. The molecule has 2 rings (SSSR count). The van der Waals surface area contributed by atoms with Crippen molar-refractivity contribution in [1.82, 2.24) is 0 Å². The summed E-state index contributed by atoms with van der Waals surface area (Å²) in [6.45, 7) is 0. The Labute approximate surface area is 113 Å². The largest absolute Gasteiger partial charge is 0.507 e. The van der Waals surface area contributed by atoms with Crippen LogP contribution in [0.3, 0.4) is 0 Å². The number of aromatic hydroxyl groups is 2. The van der Waals surface area contributed by atoms with Crippen LogP contribution in [0.2, 0.25) is 0 Å². The smallest absolute Gasteiger partial charge is 0.343 e. The molecule has 0 aromatic heterocycles. The van der Waals surface area contributed by atoms with Crippen LogP contribution >= 0.6 is 0 Å². The van der Waals surface area contributed by atoms with E-state index in [2.05, 4.69) is 0 Å². The first-order valence-electron chi connectivity index (χ1n) is 5.53. The Bertz CT molecular complexity index is 688. The van der Waals surface area contributed by atoms with Gasteiger partial charge in [-0.25, -0.2) is 9.59 Å². The monoisotopic (exact) mass is 274 g/mol. The fourth-order valence-corrected chi connectivity index (χ4v) is 1.82. The standard InChI is InChI=1S/C14H10O6/c15-10-6-5-9(12(16)11(10)14(19)20)7-1-3-8(4-2-7)13(17)18/h1-6,15-16H,(H,17,18)(H,19,20). The summed E-state index contributed by atoms with van der Waals surface area (Å²) in [6, 6.07) is 8.08. The molecule has 2 aromatic rings. The van der Waals surface area contributed by atoms with Crippen molar-refractivity contribution >= 4 is 11.9 Å². The lowest BCUT2D eigenvalue weighted by Crippen LogP contribution is -1.99. The fourth-order valence-electron chi connectivity index (χ4n) is 1.82. The quantitative estimate of drug-likeness (QED) is 0.681. The van der Waals surface area contributed by atoms with Crippen LogP contribution in [-0.4, -0.2) is 32.4 Å². The highest BCUT2D eigenvalue weighted by atomic mass is 16.4. The van der Waals surface area contributed by atoms with Crippen LogP contribution in [-0.2, 0) is 0 Å². The molecule has 0 saturated carbocycles. The zero-order valence-corrected chi connectivity index (χ0v) is 10.1. The number of phenols is 2. The minimum absolute atomic E-state index is 0.0745. The van der Waals surface area contributed by atoms with Gasteiger partial charge in [0.1, 0.15) is 17.1 Å². The molecule has 20 heavy (non-hydrogen) atoms. The highest BCUT2D eigenvalue weighted by Crippen LogP contribution is 2.37. The van der Waals surface area contributed by atoms with Gasteiger partial charge >= 0.3 is 11.9 Å². The first-order valence-corrected chi connectivity index (χ1v) is 5.53. The number of hydrogen-bond acceptors (Lipinski definition) is 4. The van der Waals surface area contributed by atoms with Crippen LogP contribution in [0.1, 0.15) is 20.7 Å². The highest BCUT2D eigenvalue weighted by molar-refractivity contribution is 5.97. The number of benzene rings is 2. The number of aromatic carboxylic acids is 2. The zero-order chi connectivity index (χ0) is 14.9. The third kappa shape index (κ3) is 2.26. The normalized spacial score (nSPS) is 10.2. The van der Waals surface area contributed by atoms with Crippen LogP contribution in [0.5, 0.6) is 11.5 Å². The van der Waals surface area contributed by atoms with Crippen LogP contribution < -0.4 is 0 Å². The fraction of sp³-hybridized carbons (Fsp3) is 0. The van der Waals surface area contributed by atoms with Crippen molar-refractivity contribution in [3.63, 3.8) is 0 Å². The van der Waals surface area contributed by atoms with E-state index in [1.54, 1.807) is 0 Å². The van der Waals surface area contributed by atoms with Gasteiger partial charge in [0.15, 0.2) is 0 Å². The van der Waals surface area contributed by atoms with Gasteiger partial charge in [0.05, 0.1) is 5.56 Å². The molecule has 0 heterocycles. The molecule has 0 aliphatic rings. The van der Waals surface area contributed by atoms with Crippen molar-refractivity contribution in [2.75, 3.05) is 0 Å².